The summed E-state index contributed by atoms with van der Waals surface area (Å²) >= 11 is 3.56. The van der Waals surface area contributed by atoms with Crippen LogP contribution < -0.4 is 5.73 Å². The van der Waals surface area contributed by atoms with Crippen molar-refractivity contribution in [3.8, 4) is 0 Å². The smallest absolute Gasteiger partial charge is 0.0207 e. The van der Waals surface area contributed by atoms with Crippen molar-refractivity contribution in [2.24, 2.45) is 11.7 Å². The van der Waals surface area contributed by atoms with Crippen LogP contribution in [-0.4, -0.2) is 5.54 Å². The van der Waals surface area contributed by atoms with Crippen LogP contribution in [-0.2, 0) is 6.42 Å². The lowest BCUT2D eigenvalue weighted by molar-refractivity contribution is 0.306. The van der Waals surface area contributed by atoms with E-state index in [9.17, 15) is 0 Å². The molecule has 1 aromatic rings. The Morgan fingerprint density at radius 3 is 2.53 bits per heavy atom. The second-order valence-electron chi connectivity index (χ2n) is 4.58. The first kappa shape index (κ1) is 12.7. The zero-order valence-corrected chi connectivity index (χ0v) is 11.3. The Morgan fingerprint density at radius 2 is 2.00 bits per heavy atom. The molecule has 0 heterocycles. The van der Waals surface area contributed by atoms with Gasteiger partial charge < -0.3 is 5.73 Å². The molecule has 0 aliphatic carbocycles. The van der Waals surface area contributed by atoms with Crippen LogP contribution in [0.15, 0.2) is 28.7 Å². The molecule has 0 aliphatic heterocycles. The highest BCUT2D eigenvalue weighted by Gasteiger charge is 2.25. The van der Waals surface area contributed by atoms with E-state index in [-0.39, 0.29) is 5.54 Å². The van der Waals surface area contributed by atoms with Gasteiger partial charge in [0.1, 0.15) is 0 Å². The zero-order valence-electron chi connectivity index (χ0n) is 9.76. The van der Waals surface area contributed by atoms with E-state index >= 15 is 0 Å². The average molecular weight is 270 g/mol. The molecule has 2 heteroatoms. The molecule has 0 amide bonds. The van der Waals surface area contributed by atoms with Crippen molar-refractivity contribution in [3.05, 3.63) is 34.3 Å². The molecule has 0 bridgehead atoms. The predicted octanol–water partition coefficient (Wildman–Crippen LogP) is 3.76. The fraction of sp³-hybridized carbons (Fsp3) is 0.538. The van der Waals surface area contributed by atoms with Crippen molar-refractivity contribution >= 4 is 15.9 Å². The van der Waals surface area contributed by atoms with Crippen molar-refractivity contribution in [2.75, 3.05) is 0 Å². The minimum absolute atomic E-state index is 0.126. The number of hydrogen-bond acceptors (Lipinski definition) is 1. The van der Waals surface area contributed by atoms with E-state index in [4.69, 9.17) is 5.73 Å². The second kappa shape index (κ2) is 5.13. The molecule has 0 aliphatic rings. The van der Waals surface area contributed by atoms with Gasteiger partial charge >= 0.3 is 0 Å². The minimum Gasteiger partial charge on any atom is -0.325 e. The van der Waals surface area contributed by atoms with Crippen molar-refractivity contribution in [2.45, 2.75) is 39.2 Å². The number of benzene rings is 1. The van der Waals surface area contributed by atoms with E-state index in [0.29, 0.717) is 5.92 Å². The van der Waals surface area contributed by atoms with Crippen LogP contribution in [0.25, 0.3) is 0 Å². The summed E-state index contributed by atoms with van der Waals surface area (Å²) < 4.78 is 1.16. The van der Waals surface area contributed by atoms with Gasteiger partial charge in [0.15, 0.2) is 0 Å². The number of nitrogens with two attached hydrogens (primary N) is 1. The summed E-state index contributed by atoms with van der Waals surface area (Å²) in [6.45, 7) is 6.55. The molecule has 0 radical (unpaired) electrons. The van der Waals surface area contributed by atoms with Crippen molar-refractivity contribution in [1.82, 2.24) is 0 Å². The first-order chi connectivity index (χ1) is 6.97. The summed E-state index contributed by atoms with van der Waals surface area (Å²) in [6, 6.07) is 8.30. The molecular weight excluding hydrogens is 250 g/mol. The van der Waals surface area contributed by atoms with E-state index in [1.54, 1.807) is 0 Å². The van der Waals surface area contributed by atoms with Gasteiger partial charge in [0.05, 0.1) is 0 Å². The number of hydrogen-bond donors (Lipinski definition) is 1. The van der Waals surface area contributed by atoms with E-state index in [2.05, 4.69) is 54.9 Å². The first-order valence-corrected chi connectivity index (χ1v) is 6.29. The van der Waals surface area contributed by atoms with Crippen LogP contribution in [0.1, 0.15) is 32.8 Å². The topological polar surface area (TPSA) is 26.0 Å². The van der Waals surface area contributed by atoms with Crippen molar-refractivity contribution in [3.63, 3.8) is 0 Å². The summed E-state index contributed by atoms with van der Waals surface area (Å²) in [5.41, 5.74) is 7.52. The Morgan fingerprint density at radius 1 is 1.40 bits per heavy atom. The predicted molar refractivity (Wildman–Crippen MR) is 69.9 cm³/mol. The van der Waals surface area contributed by atoms with E-state index < -0.39 is 0 Å². The first-order valence-electron chi connectivity index (χ1n) is 5.49. The molecule has 1 rings (SSSR count). The fourth-order valence-corrected chi connectivity index (χ4v) is 2.12. The van der Waals surface area contributed by atoms with Crippen LogP contribution in [0.2, 0.25) is 0 Å². The SMILES string of the molecule is CCC(C)C(C)(N)Cc1ccccc1Br. The molecule has 0 aromatic heterocycles. The molecule has 2 N–H and O–H groups in total. The standard InChI is InChI=1S/C13H20BrN/c1-4-10(2)13(3,15)9-11-7-5-6-8-12(11)14/h5-8,10H,4,9,15H2,1-3H3. The number of rotatable bonds is 4. The van der Waals surface area contributed by atoms with Crippen molar-refractivity contribution < 1.29 is 0 Å². The molecule has 1 aromatic carbocycles. The molecule has 0 saturated heterocycles. The van der Waals surface area contributed by atoms with E-state index in [0.717, 1.165) is 17.3 Å². The van der Waals surface area contributed by atoms with Gasteiger partial charge in [0.25, 0.3) is 0 Å². The van der Waals surface area contributed by atoms with Crippen molar-refractivity contribution in [1.29, 1.82) is 0 Å². The highest BCUT2D eigenvalue weighted by Crippen LogP contribution is 2.26. The molecule has 0 saturated carbocycles. The summed E-state index contributed by atoms with van der Waals surface area (Å²) in [5, 5.41) is 0. The third kappa shape index (κ3) is 3.32. The largest absolute Gasteiger partial charge is 0.325 e. The molecular formula is C13H20BrN. The minimum atomic E-state index is -0.126. The Hall–Kier alpha value is -0.340. The van der Waals surface area contributed by atoms with Gasteiger partial charge in [-0.3, -0.25) is 0 Å². The van der Waals surface area contributed by atoms with Gasteiger partial charge in [-0.05, 0) is 30.9 Å². The Bertz CT molecular complexity index is 320. The third-order valence-electron chi connectivity index (χ3n) is 3.27. The average Bonchev–Trinajstić information content (AvgIpc) is 2.20. The van der Waals surface area contributed by atoms with Crippen LogP contribution in [0, 0.1) is 5.92 Å². The highest BCUT2D eigenvalue weighted by atomic mass is 79.9. The lowest BCUT2D eigenvalue weighted by Gasteiger charge is -2.31. The highest BCUT2D eigenvalue weighted by molar-refractivity contribution is 9.10. The van der Waals surface area contributed by atoms with Gasteiger partial charge in [0.2, 0.25) is 0 Å². The number of halogens is 1. The summed E-state index contributed by atoms with van der Waals surface area (Å²) in [5.74, 6) is 0.532. The Labute approximate surface area is 101 Å². The van der Waals surface area contributed by atoms with Crippen LogP contribution in [0.4, 0.5) is 0 Å². The maximum absolute atomic E-state index is 6.35. The monoisotopic (exact) mass is 269 g/mol. The van der Waals surface area contributed by atoms with Gasteiger partial charge in [-0.1, -0.05) is 54.4 Å². The van der Waals surface area contributed by atoms with Crippen LogP contribution in [0.5, 0.6) is 0 Å². The molecule has 0 fully saturated rings. The van der Waals surface area contributed by atoms with Crippen LogP contribution in [0.3, 0.4) is 0 Å². The lowest BCUT2D eigenvalue weighted by Crippen LogP contribution is -2.44. The normalized spacial score (nSPS) is 17.1. The van der Waals surface area contributed by atoms with Gasteiger partial charge in [0, 0.05) is 10.0 Å². The maximum Gasteiger partial charge on any atom is 0.0207 e. The summed E-state index contributed by atoms with van der Waals surface area (Å²) in [4.78, 5) is 0. The molecule has 0 spiro atoms. The van der Waals surface area contributed by atoms with E-state index in [1.165, 1.54) is 5.56 Å². The van der Waals surface area contributed by atoms with Crippen LogP contribution >= 0.6 is 15.9 Å². The summed E-state index contributed by atoms with van der Waals surface area (Å²) in [6.07, 6.45) is 2.04. The summed E-state index contributed by atoms with van der Waals surface area (Å²) in [7, 11) is 0. The molecule has 2 atom stereocenters. The van der Waals surface area contributed by atoms with Gasteiger partial charge in [-0.2, -0.15) is 0 Å². The van der Waals surface area contributed by atoms with E-state index in [1.807, 2.05) is 6.07 Å². The zero-order chi connectivity index (χ0) is 11.5. The lowest BCUT2D eigenvalue weighted by atomic mass is 9.81. The Balaban J connectivity index is 2.81. The van der Waals surface area contributed by atoms with Gasteiger partial charge in [-0.25, -0.2) is 0 Å². The molecule has 84 valence electrons. The fourth-order valence-electron chi connectivity index (χ4n) is 1.69. The molecule has 2 unspecified atom stereocenters. The third-order valence-corrected chi connectivity index (χ3v) is 4.04. The Kier molecular flexibility index (Phi) is 4.35. The molecule has 1 nitrogen and oxygen atoms in total. The second-order valence-corrected chi connectivity index (χ2v) is 5.44. The quantitative estimate of drug-likeness (QED) is 0.885. The maximum atomic E-state index is 6.35. The molecule has 15 heavy (non-hydrogen) atoms. The van der Waals surface area contributed by atoms with Gasteiger partial charge in [-0.15, -0.1) is 0 Å².